The number of primary amides is 1. The lowest BCUT2D eigenvalue weighted by Crippen LogP contribution is -2.28. The highest BCUT2D eigenvalue weighted by atomic mass is 32.1. The minimum absolute atomic E-state index is 0.310. The largest absolute Gasteiger partial charge is 0.492 e. The standard InChI is InChI=1S/C12H22N4O2S/c1-4-16(5-2)7-6-15-12-9(18-3)8(13)10(19-12)11(14)17/h15H,4-7,13H2,1-3H3,(H2,14,17). The molecule has 1 aromatic heterocycles. The second-order valence-corrected chi connectivity index (χ2v) is 5.05. The van der Waals surface area contributed by atoms with Crippen LogP contribution in [0.25, 0.3) is 0 Å². The third-order valence-electron chi connectivity index (χ3n) is 2.94. The van der Waals surface area contributed by atoms with E-state index in [1.807, 2.05) is 0 Å². The van der Waals surface area contributed by atoms with Crippen molar-refractivity contribution in [2.45, 2.75) is 13.8 Å². The summed E-state index contributed by atoms with van der Waals surface area (Å²) >= 11 is 1.23. The van der Waals surface area contributed by atoms with E-state index >= 15 is 0 Å². The van der Waals surface area contributed by atoms with E-state index in [4.69, 9.17) is 16.2 Å². The van der Waals surface area contributed by atoms with Gasteiger partial charge in [0.15, 0.2) is 5.75 Å². The van der Waals surface area contributed by atoms with Gasteiger partial charge in [-0.25, -0.2) is 0 Å². The lowest BCUT2D eigenvalue weighted by Gasteiger charge is -2.18. The number of thiophene rings is 1. The zero-order valence-corrected chi connectivity index (χ0v) is 12.5. The molecule has 6 nitrogen and oxygen atoms in total. The third kappa shape index (κ3) is 3.74. The summed E-state index contributed by atoms with van der Waals surface area (Å²) in [5.74, 6) is -0.0315. The van der Waals surface area contributed by atoms with E-state index < -0.39 is 5.91 Å². The lowest BCUT2D eigenvalue weighted by atomic mass is 10.3. The molecule has 108 valence electrons. The summed E-state index contributed by atoms with van der Waals surface area (Å²) in [5.41, 5.74) is 11.4. The van der Waals surface area contributed by atoms with Crippen LogP contribution in [0.2, 0.25) is 0 Å². The summed E-state index contributed by atoms with van der Waals surface area (Å²) < 4.78 is 5.22. The van der Waals surface area contributed by atoms with E-state index in [1.165, 1.54) is 18.4 Å². The lowest BCUT2D eigenvalue weighted by molar-refractivity contribution is 0.100. The van der Waals surface area contributed by atoms with E-state index in [9.17, 15) is 4.79 Å². The number of nitrogen functional groups attached to an aromatic ring is 1. The van der Waals surface area contributed by atoms with Gasteiger partial charge >= 0.3 is 0 Å². The fraction of sp³-hybridized carbons (Fsp3) is 0.583. The Morgan fingerprint density at radius 1 is 1.42 bits per heavy atom. The molecular formula is C12H22N4O2S. The molecular weight excluding hydrogens is 264 g/mol. The van der Waals surface area contributed by atoms with E-state index in [2.05, 4.69) is 24.1 Å². The van der Waals surface area contributed by atoms with Crippen LogP contribution in [-0.2, 0) is 0 Å². The predicted octanol–water partition coefficient (Wildman–Crippen LogP) is 1.19. The minimum atomic E-state index is -0.530. The second kappa shape index (κ2) is 7.20. The van der Waals surface area contributed by atoms with Crippen LogP contribution in [0.5, 0.6) is 5.75 Å². The van der Waals surface area contributed by atoms with E-state index in [1.54, 1.807) is 0 Å². The maximum atomic E-state index is 11.2. The molecule has 0 radical (unpaired) electrons. The smallest absolute Gasteiger partial charge is 0.261 e. The van der Waals surface area contributed by atoms with Gasteiger partial charge in [-0.1, -0.05) is 13.8 Å². The Labute approximate surface area is 117 Å². The quantitative estimate of drug-likeness (QED) is 0.667. The van der Waals surface area contributed by atoms with Gasteiger partial charge in [0.2, 0.25) is 0 Å². The van der Waals surface area contributed by atoms with Crippen molar-refractivity contribution in [3.63, 3.8) is 0 Å². The van der Waals surface area contributed by atoms with Crippen molar-refractivity contribution in [2.75, 3.05) is 44.3 Å². The number of nitrogens with one attached hydrogen (secondary N) is 1. The highest BCUT2D eigenvalue weighted by Crippen LogP contribution is 2.41. The molecule has 0 saturated carbocycles. The third-order valence-corrected chi connectivity index (χ3v) is 4.09. The zero-order chi connectivity index (χ0) is 14.4. The van der Waals surface area contributed by atoms with Gasteiger partial charge in [-0.3, -0.25) is 4.79 Å². The second-order valence-electron chi connectivity index (χ2n) is 4.03. The molecule has 0 fully saturated rings. The van der Waals surface area contributed by atoms with Crippen molar-refractivity contribution in [3.8, 4) is 5.75 Å². The van der Waals surface area contributed by atoms with Crippen LogP contribution >= 0.6 is 11.3 Å². The Morgan fingerprint density at radius 3 is 2.53 bits per heavy atom. The first-order valence-corrected chi connectivity index (χ1v) is 7.09. The number of nitrogens with two attached hydrogens (primary N) is 2. The summed E-state index contributed by atoms with van der Waals surface area (Å²) in [6.45, 7) is 7.94. The van der Waals surface area contributed by atoms with Crippen molar-refractivity contribution < 1.29 is 9.53 Å². The molecule has 0 aliphatic rings. The predicted molar refractivity (Wildman–Crippen MR) is 80.1 cm³/mol. The molecule has 1 amide bonds. The molecule has 0 unspecified atom stereocenters. The molecule has 0 aliphatic carbocycles. The number of likely N-dealkylation sites (N-methyl/N-ethyl adjacent to an activating group) is 1. The average molecular weight is 286 g/mol. The number of methoxy groups -OCH3 is 1. The Balaban J connectivity index is 2.73. The highest BCUT2D eigenvalue weighted by molar-refractivity contribution is 7.19. The summed E-state index contributed by atoms with van der Waals surface area (Å²) in [4.78, 5) is 13.9. The molecule has 0 aromatic carbocycles. The number of anilines is 2. The number of hydrogen-bond acceptors (Lipinski definition) is 6. The summed E-state index contributed by atoms with van der Waals surface area (Å²) in [7, 11) is 1.53. The first-order chi connectivity index (χ1) is 9.04. The van der Waals surface area contributed by atoms with Crippen LogP contribution in [0, 0.1) is 0 Å². The Bertz CT molecular complexity index is 430. The van der Waals surface area contributed by atoms with Gasteiger partial charge in [0.1, 0.15) is 15.6 Å². The van der Waals surface area contributed by atoms with Crippen LogP contribution in [0.3, 0.4) is 0 Å². The molecule has 0 bridgehead atoms. The molecule has 1 aromatic rings. The van der Waals surface area contributed by atoms with E-state index in [0.29, 0.717) is 16.3 Å². The van der Waals surface area contributed by atoms with Crippen LogP contribution in [-0.4, -0.2) is 44.1 Å². The Morgan fingerprint density at radius 2 is 2.05 bits per heavy atom. The van der Waals surface area contributed by atoms with Gasteiger partial charge in [-0.05, 0) is 13.1 Å². The molecule has 1 heterocycles. The maximum absolute atomic E-state index is 11.2. The molecule has 0 aliphatic heterocycles. The monoisotopic (exact) mass is 286 g/mol. The number of carbonyl (C=O) groups excluding carboxylic acids is 1. The van der Waals surface area contributed by atoms with Crippen LogP contribution in [0.1, 0.15) is 23.5 Å². The number of carbonyl (C=O) groups is 1. The van der Waals surface area contributed by atoms with Gasteiger partial charge in [0.05, 0.1) is 7.11 Å². The Kier molecular flexibility index (Phi) is 5.91. The van der Waals surface area contributed by atoms with E-state index in [0.717, 1.165) is 31.2 Å². The van der Waals surface area contributed by atoms with Crippen molar-refractivity contribution in [1.29, 1.82) is 0 Å². The highest BCUT2D eigenvalue weighted by Gasteiger charge is 2.19. The number of rotatable bonds is 8. The van der Waals surface area contributed by atoms with E-state index in [-0.39, 0.29) is 0 Å². The summed E-state index contributed by atoms with van der Waals surface area (Å²) in [6, 6.07) is 0. The van der Waals surface area contributed by atoms with Crippen molar-refractivity contribution >= 4 is 27.9 Å². The van der Waals surface area contributed by atoms with Crippen molar-refractivity contribution in [1.82, 2.24) is 4.90 Å². The molecule has 0 spiro atoms. The number of ether oxygens (including phenoxy) is 1. The van der Waals surface area contributed by atoms with Crippen LogP contribution in [0.15, 0.2) is 0 Å². The minimum Gasteiger partial charge on any atom is -0.492 e. The van der Waals surface area contributed by atoms with Crippen LogP contribution < -0.4 is 21.5 Å². The van der Waals surface area contributed by atoms with Crippen molar-refractivity contribution in [3.05, 3.63) is 4.88 Å². The topological polar surface area (TPSA) is 93.6 Å². The average Bonchev–Trinajstić information content (AvgIpc) is 2.71. The van der Waals surface area contributed by atoms with Gasteiger partial charge in [-0.2, -0.15) is 0 Å². The molecule has 1 rings (SSSR count). The molecule has 7 heteroatoms. The summed E-state index contributed by atoms with van der Waals surface area (Å²) in [5, 5.41) is 3.99. The SMILES string of the molecule is CCN(CC)CCNc1sc(C(N)=O)c(N)c1OC. The fourth-order valence-electron chi connectivity index (χ4n) is 1.80. The van der Waals surface area contributed by atoms with Gasteiger partial charge in [0.25, 0.3) is 5.91 Å². The normalized spacial score (nSPS) is 10.7. The number of hydrogen-bond donors (Lipinski definition) is 3. The molecule has 5 N–H and O–H groups in total. The summed E-state index contributed by atoms with van der Waals surface area (Å²) in [6.07, 6.45) is 0. The first kappa shape index (κ1) is 15.6. The van der Waals surface area contributed by atoms with Gasteiger partial charge < -0.3 is 26.4 Å². The number of amides is 1. The van der Waals surface area contributed by atoms with Crippen LogP contribution in [0.4, 0.5) is 10.7 Å². The molecule has 0 atom stereocenters. The van der Waals surface area contributed by atoms with Crippen molar-refractivity contribution in [2.24, 2.45) is 5.73 Å². The van der Waals surface area contributed by atoms with Gasteiger partial charge in [0, 0.05) is 13.1 Å². The molecule has 0 saturated heterocycles. The first-order valence-electron chi connectivity index (χ1n) is 6.27. The Hall–Kier alpha value is -1.47. The molecule has 19 heavy (non-hydrogen) atoms. The maximum Gasteiger partial charge on any atom is 0.261 e. The zero-order valence-electron chi connectivity index (χ0n) is 11.7. The fourth-order valence-corrected chi connectivity index (χ4v) is 2.77. The number of nitrogens with zero attached hydrogens (tertiary/aromatic N) is 1. The van der Waals surface area contributed by atoms with Gasteiger partial charge in [-0.15, -0.1) is 11.3 Å².